The molecule has 2 heterocycles. The van der Waals surface area contributed by atoms with Crippen molar-refractivity contribution < 1.29 is 9.18 Å². The second kappa shape index (κ2) is 7.48. The Morgan fingerprint density at radius 1 is 1.26 bits per heavy atom. The number of nitrogens with one attached hydrogen (secondary N) is 1. The van der Waals surface area contributed by atoms with E-state index in [1.165, 1.54) is 23.9 Å². The van der Waals surface area contributed by atoms with Gasteiger partial charge in [-0.1, -0.05) is 23.9 Å². The SMILES string of the molecule is Cn1c(SC(C(=O)NC2CC2)c2ccc(F)cc2)nnc1-c1cccnc1. The van der Waals surface area contributed by atoms with Gasteiger partial charge in [0.25, 0.3) is 0 Å². The molecular formula is C19H18FN5OS. The minimum Gasteiger partial charge on any atom is -0.352 e. The van der Waals surface area contributed by atoms with E-state index in [-0.39, 0.29) is 17.8 Å². The number of carbonyl (C=O) groups is 1. The van der Waals surface area contributed by atoms with Crippen molar-refractivity contribution in [1.82, 2.24) is 25.1 Å². The highest BCUT2D eigenvalue weighted by atomic mass is 32.2. The molecule has 0 saturated heterocycles. The molecule has 1 aliphatic carbocycles. The fourth-order valence-corrected chi connectivity index (χ4v) is 3.70. The number of carbonyl (C=O) groups excluding carboxylic acids is 1. The predicted octanol–water partition coefficient (Wildman–Crippen LogP) is 3.13. The molecule has 1 aromatic carbocycles. The van der Waals surface area contributed by atoms with Crippen LogP contribution in [0.5, 0.6) is 0 Å². The molecule has 8 heteroatoms. The molecule has 138 valence electrons. The van der Waals surface area contributed by atoms with Gasteiger partial charge in [-0.3, -0.25) is 9.78 Å². The molecule has 1 aliphatic rings. The van der Waals surface area contributed by atoms with Gasteiger partial charge in [-0.15, -0.1) is 10.2 Å². The Bertz CT molecular complexity index is 940. The first kappa shape index (κ1) is 17.7. The normalized spacial score (nSPS) is 14.7. The Kier molecular flexibility index (Phi) is 4.89. The quantitative estimate of drug-likeness (QED) is 0.662. The summed E-state index contributed by atoms with van der Waals surface area (Å²) in [7, 11) is 1.85. The van der Waals surface area contributed by atoms with Crippen LogP contribution in [0.3, 0.4) is 0 Å². The largest absolute Gasteiger partial charge is 0.352 e. The van der Waals surface area contributed by atoms with Gasteiger partial charge in [0, 0.05) is 31.0 Å². The highest BCUT2D eigenvalue weighted by Crippen LogP contribution is 2.36. The molecule has 2 aromatic heterocycles. The summed E-state index contributed by atoms with van der Waals surface area (Å²) in [6.45, 7) is 0. The lowest BCUT2D eigenvalue weighted by molar-refractivity contribution is -0.120. The van der Waals surface area contributed by atoms with Crippen LogP contribution in [-0.4, -0.2) is 31.7 Å². The summed E-state index contributed by atoms with van der Waals surface area (Å²) in [6.07, 6.45) is 5.42. The summed E-state index contributed by atoms with van der Waals surface area (Å²) in [5.41, 5.74) is 1.57. The first-order valence-electron chi connectivity index (χ1n) is 8.64. The summed E-state index contributed by atoms with van der Waals surface area (Å²) in [5.74, 6) is 0.244. The third-order valence-electron chi connectivity index (χ3n) is 4.31. The molecule has 0 bridgehead atoms. The average molecular weight is 383 g/mol. The number of hydrogen-bond acceptors (Lipinski definition) is 5. The summed E-state index contributed by atoms with van der Waals surface area (Å²) < 4.78 is 15.1. The molecule has 0 aliphatic heterocycles. The van der Waals surface area contributed by atoms with Crippen LogP contribution in [0, 0.1) is 5.82 Å². The van der Waals surface area contributed by atoms with Crippen LogP contribution < -0.4 is 5.32 Å². The maximum atomic E-state index is 13.3. The van der Waals surface area contributed by atoms with Gasteiger partial charge in [0.1, 0.15) is 11.1 Å². The van der Waals surface area contributed by atoms with Crippen LogP contribution in [0.25, 0.3) is 11.4 Å². The highest BCUT2D eigenvalue weighted by molar-refractivity contribution is 8.00. The third kappa shape index (κ3) is 4.00. The van der Waals surface area contributed by atoms with E-state index in [4.69, 9.17) is 0 Å². The monoisotopic (exact) mass is 383 g/mol. The van der Waals surface area contributed by atoms with Gasteiger partial charge in [-0.2, -0.15) is 0 Å². The molecule has 4 rings (SSSR count). The first-order valence-corrected chi connectivity index (χ1v) is 9.52. The van der Waals surface area contributed by atoms with Gasteiger partial charge < -0.3 is 9.88 Å². The zero-order chi connectivity index (χ0) is 18.8. The number of amides is 1. The van der Waals surface area contributed by atoms with E-state index in [1.807, 2.05) is 23.7 Å². The zero-order valence-corrected chi connectivity index (χ0v) is 15.5. The number of benzene rings is 1. The Morgan fingerprint density at radius 3 is 2.70 bits per heavy atom. The van der Waals surface area contributed by atoms with Gasteiger partial charge >= 0.3 is 0 Å². The first-order chi connectivity index (χ1) is 13.1. The van der Waals surface area contributed by atoms with Crippen molar-refractivity contribution in [2.45, 2.75) is 29.3 Å². The van der Waals surface area contributed by atoms with Crippen LogP contribution in [0.1, 0.15) is 23.7 Å². The van der Waals surface area contributed by atoms with Crippen molar-refractivity contribution in [3.8, 4) is 11.4 Å². The second-order valence-electron chi connectivity index (χ2n) is 6.44. The Morgan fingerprint density at radius 2 is 2.04 bits per heavy atom. The van der Waals surface area contributed by atoms with Gasteiger partial charge in [-0.05, 0) is 42.7 Å². The number of thioether (sulfide) groups is 1. The molecule has 1 atom stereocenters. The molecule has 6 nitrogen and oxygen atoms in total. The van der Waals surface area contributed by atoms with Crippen LogP contribution in [0.4, 0.5) is 4.39 Å². The van der Waals surface area contributed by atoms with Gasteiger partial charge in [0.2, 0.25) is 5.91 Å². The predicted molar refractivity (Wildman–Crippen MR) is 100 cm³/mol. The molecule has 1 amide bonds. The van der Waals surface area contributed by atoms with E-state index >= 15 is 0 Å². The molecule has 1 saturated carbocycles. The van der Waals surface area contributed by atoms with Crippen LogP contribution in [0.2, 0.25) is 0 Å². The van der Waals surface area contributed by atoms with Crippen molar-refractivity contribution in [2.24, 2.45) is 7.05 Å². The average Bonchev–Trinajstić information content (AvgIpc) is 3.42. The van der Waals surface area contributed by atoms with E-state index in [1.54, 1.807) is 24.5 Å². The Hall–Kier alpha value is -2.74. The highest BCUT2D eigenvalue weighted by Gasteiger charge is 2.30. The summed E-state index contributed by atoms with van der Waals surface area (Å²) >= 11 is 1.30. The molecule has 0 radical (unpaired) electrons. The maximum absolute atomic E-state index is 13.3. The van der Waals surface area contributed by atoms with Gasteiger partial charge in [0.15, 0.2) is 11.0 Å². The fourth-order valence-electron chi connectivity index (χ4n) is 2.68. The summed E-state index contributed by atoms with van der Waals surface area (Å²) in [5, 5.41) is 11.6. The van der Waals surface area contributed by atoms with Gasteiger partial charge in [0.05, 0.1) is 0 Å². The Balaban J connectivity index is 1.62. The van der Waals surface area contributed by atoms with Gasteiger partial charge in [-0.25, -0.2) is 4.39 Å². The molecule has 0 spiro atoms. The molecule has 3 aromatic rings. The Labute approximate surface area is 160 Å². The molecule has 1 unspecified atom stereocenters. The number of halogens is 1. The lowest BCUT2D eigenvalue weighted by Gasteiger charge is -2.16. The minimum atomic E-state index is -0.532. The van der Waals surface area contributed by atoms with Crippen molar-refractivity contribution >= 4 is 17.7 Å². The fraction of sp³-hybridized carbons (Fsp3) is 0.263. The van der Waals surface area contributed by atoms with Crippen molar-refractivity contribution in [1.29, 1.82) is 0 Å². The molecule has 27 heavy (non-hydrogen) atoms. The summed E-state index contributed by atoms with van der Waals surface area (Å²) in [4.78, 5) is 16.9. The maximum Gasteiger partial charge on any atom is 0.238 e. The summed E-state index contributed by atoms with van der Waals surface area (Å²) in [6, 6.07) is 9.99. The molecule has 1 N–H and O–H groups in total. The van der Waals surface area contributed by atoms with E-state index in [0.29, 0.717) is 11.0 Å². The van der Waals surface area contributed by atoms with E-state index in [2.05, 4.69) is 20.5 Å². The molecule has 1 fully saturated rings. The zero-order valence-electron chi connectivity index (χ0n) is 14.7. The lowest BCUT2D eigenvalue weighted by Crippen LogP contribution is -2.30. The topological polar surface area (TPSA) is 72.7 Å². The minimum absolute atomic E-state index is 0.0972. The third-order valence-corrected chi connectivity index (χ3v) is 5.60. The van der Waals surface area contributed by atoms with E-state index in [0.717, 1.165) is 24.0 Å². The number of rotatable bonds is 6. The van der Waals surface area contributed by atoms with Crippen LogP contribution in [-0.2, 0) is 11.8 Å². The number of pyridine rings is 1. The number of nitrogens with zero attached hydrogens (tertiary/aromatic N) is 4. The van der Waals surface area contributed by atoms with E-state index < -0.39 is 5.25 Å². The lowest BCUT2D eigenvalue weighted by atomic mass is 10.1. The van der Waals surface area contributed by atoms with Crippen molar-refractivity contribution in [3.05, 3.63) is 60.2 Å². The molecular weight excluding hydrogens is 365 g/mol. The van der Waals surface area contributed by atoms with E-state index in [9.17, 15) is 9.18 Å². The number of aromatic nitrogens is 4. The van der Waals surface area contributed by atoms with Crippen LogP contribution >= 0.6 is 11.8 Å². The standard InChI is InChI=1S/C19H18FN5OS/c1-25-17(13-3-2-10-21-11-13)23-24-19(25)27-16(18(26)22-15-8-9-15)12-4-6-14(20)7-5-12/h2-7,10-11,15-16H,8-9H2,1H3,(H,22,26). The second-order valence-corrected chi connectivity index (χ2v) is 7.51. The smallest absolute Gasteiger partial charge is 0.238 e. The number of hydrogen-bond donors (Lipinski definition) is 1. The van der Waals surface area contributed by atoms with Crippen molar-refractivity contribution in [3.63, 3.8) is 0 Å². The van der Waals surface area contributed by atoms with Crippen LogP contribution in [0.15, 0.2) is 53.9 Å². The van der Waals surface area contributed by atoms with Crippen molar-refractivity contribution in [2.75, 3.05) is 0 Å².